The second kappa shape index (κ2) is 6.32. The highest BCUT2D eigenvalue weighted by atomic mass is 32.1. The predicted molar refractivity (Wildman–Crippen MR) is 92.2 cm³/mol. The second-order valence-electron chi connectivity index (χ2n) is 5.30. The van der Waals surface area contributed by atoms with Gasteiger partial charge in [0.05, 0.1) is 18.1 Å². The number of carbonyl (C=O) groups is 1. The van der Waals surface area contributed by atoms with Crippen molar-refractivity contribution in [2.45, 2.75) is 12.8 Å². The molecule has 1 aliphatic heterocycles. The van der Waals surface area contributed by atoms with Crippen LogP contribution in [0.25, 0.3) is 11.4 Å². The molecule has 1 saturated heterocycles. The van der Waals surface area contributed by atoms with Crippen LogP contribution in [-0.2, 0) is 4.79 Å². The molecule has 1 aliphatic rings. The van der Waals surface area contributed by atoms with E-state index in [-0.39, 0.29) is 5.91 Å². The molecule has 7 nitrogen and oxygen atoms in total. The number of carbonyl (C=O) groups excluding carboxylic acids is 1. The van der Waals surface area contributed by atoms with E-state index in [9.17, 15) is 4.79 Å². The van der Waals surface area contributed by atoms with Gasteiger partial charge in [-0.25, -0.2) is 9.97 Å². The quantitative estimate of drug-likeness (QED) is 0.787. The van der Waals surface area contributed by atoms with Gasteiger partial charge in [-0.3, -0.25) is 14.8 Å². The third-order valence-corrected chi connectivity index (χ3v) is 4.46. The van der Waals surface area contributed by atoms with Gasteiger partial charge in [0.1, 0.15) is 17.2 Å². The van der Waals surface area contributed by atoms with E-state index in [2.05, 4.69) is 25.3 Å². The number of hydrogen-bond acceptors (Lipinski definition) is 7. The number of pyridine rings is 1. The number of amides is 1. The lowest BCUT2D eigenvalue weighted by molar-refractivity contribution is -0.117. The van der Waals surface area contributed by atoms with Crippen molar-refractivity contribution in [3.8, 4) is 11.4 Å². The van der Waals surface area contributed by atoms with Gasteiger partial charge in [0.15, 0.2) is 5.13 Å². The summed E-state index contributed by atoms with van der Waals surface area (Å²) in [6, 6.07) is 3.75. The molecule has 120 valence electrons. The fourth-order valence-electron chi connectivity index (χ4n) is 2.53. The van der Waals surface area contributed by atoms with Crippen LogP contribution in [-0.4, -0.2) is 32.4 Å². The number of thiazole rings is 1. The molecule has 0 unspecified atom stereocenters. The van der Waals surface area contributed by atoms with Gasteiger partial charge in [-0.15, -0.1) is 11.3 Å². The molecular formula is C16H14N6OS. The Hall–Kier alpha value is -2.87. The molecule has 0 aromatic carbocycles. The number of rotatable bonds is 4. The van der Waals surface area contributed by atoms with Crippen molar-refractivity contribution in [3.05, 3.63) is 42.3 Å². The molecular weight excluding hydrogens is 324 g/mol. The summed E-state index contributed by atoms with van der Waals surface area (Å²) in [5.74, 6) is 0.844. The Morgan fingerprint density at radius 1 is 1.12 bits per heavy atom. The van der Waals surface area contributed by atoms with Crippen LogP contribution in [0, 0.1) is 0 Å². The standard InChI is InChI=1S/C16H14N6OS/c23-15-2-1-7-22(15)11-3-4-14(19-8-11)21-16-20-13(10-24-16)12-9-17-5-6-18-12/h3-6,8-10H,1-2,7H2,(H,19,20,21). The molecule has 0 bridgehead atoms. The minimum Gasteiger partial charge on any atom is -0.316 e. The van der Waals surface area contributed by atoms with Crippen LogP contribution in [0.5, 0.6) is 0 Å². The van der Waals surface area contributed by atoms with Gasteiger partial charge in [-0.05, 0) is 18.6 Å². The highest BCUT2D eigenvalue weighted by molar-refractivity contribution is 7.14. The Labute approximate surface area is 142 Å². The third-order valence-electron chi connectivity index (χ3n) is 3.70. The SMILES string of the molecule is O=C1CCCN1c1ccc(Nc2nc(-c3cnccn3)cs2)nc1. The fraction of sp³-hybridized carbons (Fsp3) is 0.188. The van der Waals surface area contributed by atoms with Gasteiger partial charge in [0, 0.05) is 30.7 Å². The molecule has 1 fully saturated rings. The van der Waals surface area contributed by atoms with Crippen LogP contribution in [0.2, 0.25) is 0 Å². The topological polar surface area (TPSA) is 83.9 Å². The minimum absolute atomic E-state index is 0.158. The highest BCUT2D eigenvalue weighted by Crippen LogP contribution is 2.26. The van der Waals surface area contributed by atoms with Crippen LogP contribution in [0.1, 0.15) is 12.8 Å². The van der Waals surface area contributed by atoms with E-state index in [1.165, 1.54) is 11.3 Å². The molecule has 24 heavy (non-hydrogen) atoms. The molecule has 8 heteroatoms. The summed E-state index contributed by atoms with van der Waals surface area (Å²) < 4.78 is 0. The zero-order valence-corrected chi connectivity index (χ0v) is 13.5. The van der Waals surface area contributed by atoms with Crippen LogP contribution >= 0.6 is 11.3 Å². The lowest BCUT2D eigenvalue weighted by Crippen LogP contribution is -2.23. The summed E-state index contributed by atoms with van der Waals surface area (Å²) >= 11 is 1.47. The van der Waals surface area contributed by atoms with E-state index in [1.54, 1.807) is 29.7 Å². The Balaban J connectivity index is 1.48. The lowest BCUT2D eigenvalue weighted by Gasteiger charge is -2.15. The number of hydrogen-bond donors (Lipinski definition) is 1. The van der Waals surface area contributed by atoms with E-state index in [0.717, 1.165) is 35.2 Å². The van der Waals surface area contributed by atoms with Gasteiger partial charge in [0.2, 0.25) is 5.91 Å². The maximum Gasteiger partial charge on any atom is 0.227 e. The normalized spacial score (nSPS) is 14.2. The number of anilines is 3. The molecule has 0 saturated carbocycles. The van der Waals surface area contributed by atoms with E-state index in [1.807, 2.05) is 17.5 Å². The molecule has 0 radical (unpaired) electrons. The fourth-order valence-corrected chi connectivity index (χ4v) is 3.24. The maximum atomic E-state index is 11.8. The first kappa shape index (κ1) is 14.7. The van der Waals surface area contributed by atoms with Crippen LogP contribution in [0.15, 0.2) is 42.3 Å². The monoisotopic (exact) mass is 338 g/mol. The number of aromatic nitrogens is 4. The summed E-state index contributed by atoms with van der Waals surface area (Å²) in [5.41, 5.74) is 2.34. The van der Waals surface area contributed by atoms with E-state index >= 15 is 0 Å². The predicted octanol–water partition coefficient (Wildman–Crippen LogP) is 2.87. The van der Waals surface area contributed by atoms with E-state index < -0.39 is 0 Å². The van der Waals surface area contributed by atoms with E-state index in [0.29, 0.717) is 12.2 Å². The van der Waals surface area contributed by atoms with Crippen molar-refractivity contribution in [2.75, 3.05) is 16.8 Å². The lowest BCUT2D eigenvalue weighted by atomic mass is 10.3. The smallest absolute Gasteiger partial charge is 0.227 e. The Bertz CT molecular complexity index is 849. The molecule has 0 aliphatic carbocycles. The number of nitrogens with one attached hydrogen (secondary N) is 1. The summed E-state index contributed by atoms with van der Waals surface area (Å²) in [5, 5.41) is 5.82. The summed E-state index contributed by atoms with van der Waals surface area (Å²) in [6.45, 7) is 0.765. The molecule has 3 aromatic heterocycles. The zero-order chi connectivity index (χ0) is 16.4. The van der Waals surface area contributed by atoms with Crippen molar-refractivity contribution in [2.24, 2.45) is 0 Å². The second-order valence-corrected chi connectivity index (χ2v) is 6.16. The van der Waals surface area contributed by atoms with Gasteiger partial charge in [-0.2, -0.15) is 0 Å². The van der Waals surface area contributed by atoms with E-state index in [4.69, 9.17) is 0 Å². The Kier molecular flexibility index (Phi) is 3.87. The molecule has 4 rings (SSSR count). The highest BCUT2D eigenvalue weighted by Gasteiger charge is 2.21. The average Bonchev–Trinajstić information content (AvgIpc) is 3.26. The summed E-state index contributed by atoms with van der Waals surface area (Å²) in [4.78, 5) is 30.7. The molecule has 3 aromatic rings. The molecule has 4 heterocycles. The average molecular weight is 338 g/mol. The first-order valence-electron chi connectivity index (χ1n) is 7.55. The minimum atomic E-state index is 0.158. The molecule has 0 atom stereocenters. The van der Waals surface area contributed by atoms with Crippen molar-refractivity contribution >= 4 is 33.9 Å². The number of nitrogens with zero attached hydrogens (tertiary/aromatic N) is 5. The van der Waals surface area contributed by atoms with Gasteiger partial charge < -0.3 is 10.2 Å². The van der Waals surface area contributed by atoms with Crippen LogP contribution in [0.4, 0.5) is 16.6 Å². The Morgan fingerprint density at radius 3 is 2.79 bits per heavy atom. The van der Waals surface area contributed by atoms with Crippen molar-refractivity contribution in [1.82, 2.24) is 19.9 Å². The first-order valence-corrected chi connectivity index (χ1v) is 8.43. The molecule has 1 N–H and O–H groups in total. The first-order chi connectivity index (χ1) is 11.8. The van der Waals surface area contributed by atoms with Crippen molar-refractivity contribution in [1.29, 1.82) is 0 Å². The van der Waals surface area contributed by atoms with Crippen LogP contribution in [0.3, 0.4) is 0 Å². The zero-order valence-electron chi connectivity index (χ0n) is 12.7. The van der Waals surface area contributed by atoms with Gasteiger partial charge >= 0.3 is 0 Å². The van der Waals surface area contributed by atoms with Crippen molar-refractivity contribution in [3.63, 3.8) is 0 Å². The van der Waals surface area contributed by atoms with Crippen LogP contribution < -0.4 is 10.2 Å². The third kappa shape index (κ3) is 2.95. The summed E-state index contributed by atoms with van der Waals surface area (Å²) in [6.07, 6.45) is 8.18. The molecule has 1 amide bonds. The largest absolute Gasteiger partial charge is 0.316 e. The Morgan fingerprint density at radius 2 is 2.08 bits per heavy atom. The van der Waals surface area contributed by atoms with Gasteiger partial charge in [-0.1, -0.05) is 0 Å². The maximum absolute atomic E-state index is 11.8. The molecule has 0 spiro atoms. The summed E-state index contributed by atoms with van der Waals surface area (Å²) in [7, 11) is 0. The van der Waals surface area contributed by atoms with Gasteiger partial charge in [0.25, 0.3) is 0 Å². The van der Waals surface area contributed by atoms with Crippen molar-refractivity contribution < 1.29 is 4.79 Å².